The molecule has 8 aromatic rings. The summed E-state index contributed by atoms with van der Waals surface area (Å²) in [6, 6.07) is 7.31. The van der Waals surface area contributed by atoms with Crippen molar-refractivity contribution in [3.63, 3.8) is 0 Å². The zero-order valence-corrected chi connectivity index (χ0v) is 66.0. The summed E-state index contributed by atoms with van der Waals surface area (Å²) in [5.74, 6) is 2.36. The van der Waals surface area contributed by atoms with E-state index in [1.165, 1.54) is 31.3 Å². The van der Waals surface area contributed by atoms with Crippen LogP contribution in [0.5, 0.6) is 0 Å². The number of pyridine rings is 2. The molecule has 4 aliphatic heterocycles. The molecular weight excluding hydrogens is 1470 g/mol. The molecule has 4 saturated heterocycles. The number of carboxylic acid groups (broad SMARTS) is 1. The molecule has 113 heavy (non-hydrogen) atoms. The van der Waals surface area contributed by atoms with E-state index in [1.807, 2.05) is 97.2 Å². The number of hydrogen-bond donors (Lipinski definition) is 6. The van der Waals surface area contributed by atoms with Gasteiger partial charge in [0.2, 0.25) is 34.7 Å². The number of amides is 4. The molecule has 9 N–H and O–H groups in total. The van der Waals surface area contributed by atoms with Crippen LogP contribution in [0.1, 0.15) is 184 Å². The lowest BCUT2D eigenvalue weighted by Gasteiger charge is -2.20. The average molecular weight is 1580 g/mol. The second-order valence-corrected chi connectivity index (χ2v) is 32.5. The highest BCUT2D eigenvalue weighted by Crippen LogP contribution is 2.38. The van der Waals surface area contributed by atoms with Crippen molar-refractivity contribution in [2.24, 2.45) is 53.1 Å². The monoisotopic (exact) mass is 1580 g/mol. The molecule has 4 amide bonds. The lowest BCUT2D eigenvalue weighted by Crippen LogP contribution is -2.34. The summed E-state index contributed by atoms with van der Waals surface area (Å²) < 4.78 is 25.1. The fourth-order valence-corrected chi connectivity index (χ4v) is 13.8. The fourth-order valence-electron chi connectivity index (χ4n) is 13.6. The standard InChI is InChI=1S/C25H26N8O3.C16H12N6O3.C15H25NO3.C11H21NO2.C9H16N2O.C4H5ClO.CH4/c1-14-10-28-18-5-4-17(13-33(14)18)19-20(24-27-7-9-36-24)31-22(26)21(30-19)23(34)29-11-15-6-8-32(12-15)25(35)16-2-3-16;1-8-6-19-10-3-2-9(7-22(8)10)11-12(15-18-4-5-25-15)21-14(17)13(20-11)16(23)24;1-15(2,3)19-13(17)7-4-11-8-9-16(10-11)14(18)12-5-6-12;1-11(2,3)14-10(13)5-4-9-6-7-12-8-9;10-5-7-3-4-11(6-7)9(12)8-1-2-8;5-4(6)3-1-2-3;/h4-5,7,9-10,13,15-16H,2-3,6,8,11-12H2,1H3,(H2,26,31)(H,29,34);2-7H,1H3,(H2,17,21)(H,23,24);11-12H,4-10H2,1-3H3;9,12H,4-8H2,1-3H3;7-8H,1-6,10H2;3H,1-2H2;1H4/t15-;;11-;9-;7-;;/m0.110../s1. The Balaban J connectivity index is 0.000000154. The molecule has 8 fully saturated rings. The maximum absolute atomic E-state index is 13.1. The first-order valence-corrected chi connectivity index (χ1v) is 39.3. The minimum absolute atomic E-state index is 0. The summed E-state index contributed by atoms with van der Waals surface area (Å²) in [5, 5.41) is 15.4. The van der Waals surface area contributed by atoms with Gasteiger partial charge in [-0.2, -0.15) is 0 Å². The lowest BCUT2D eigenvalue weighted by molar-refractivity contribution is -0.156. The molecule has 0 bridgehead atoms. The van der Waals surface area contributed by atoms with Gasteiger partial charge >= 0.3 is 17.9 Å². The number of nitrogens with two attached hydrogens (primary N) is 3. The van der Waals surface area contributed by atoms with Crippen molar-refractivity contribution < 1.29 is 61.8 Å². The van der Waals surface area contributed by atoms with Crippen LogP contribution in [0.3, 0.4) is 0 Å². The van der Waals surface area contributed by atoms with Crippen LogP contribution >= 0.6 is 11.6 Å². The number of nitrogen functional groups attached to an aromatic ring is 2. The number of likely N-dealkylation sites (tertiary alicyclic amines) is 3. The third-order valence-corrected chi connectivity index (χ3v) is 20.6. The number of carbonyl (C=O) groups is 8. The van der Waals surface area contributed by atoms with Crippen molar-refractivity contribution in [2.75, 3.05) is 76.9 Å². The van der Waals surface area contributed by atoms with E-state index in [0.717, 1.165) is 159 Å². The van der Waals surface area contributed by atoms with E-state index < -0.39 is 17.5 Å². The van der Waals surface area contributed by atoms with Crippen molar-refractivity contribution in [2.45, 2.75) is 177 Å². The van der Waals surface area contributed by atoms with E-state index in [-0.39, 0.29) is 94.4 Å². The number of aromatic nitrogens is 10. The summed E-state index contributed by atoms with van der Waals surface area (Å²) in [7, 11) is 0. The number of nitrogens with zero attached hydrogens (tertiary/aromatic N) is 13. The molecule has 4 aliphatic carbocycles. The molecular formula is C81H109ClN18O13. The highest BCUT2D eigenvalue weighted by Gasteiger charge is 2.40. The molecule has 4 saturated carbocycles. The normalized spacial score (nSPS) is 19.0. The highest BCUT2D eigenvalue weighted by atomic mass is 35.5. The van der Waals surface area contributed by atoms with Gasteiger partial charge < -0.3 is 74.8 Å². The van der Waals surface area contributed by atoms with Crippen LogP contribution in [-0.2, 0) is 38.2 Å². The van der Waals surface area contributed by atoms with Crippen molar-refractivity contribution in [3.05, 3.63) is 96.7 Å². The Labute approximate surface area is 663 Å². The summed E-state index contributed by atoms with van der Waals surface area (Å²) in [4.78, 5) is 134. The van der Waals surface area contributed by atoms with Gasteiger partial charge in [-0.1, -0.05) is 7.43 Å². The summed E-state index contributed by atoms with van der Waals surface area (Å²) in [6.45, 7) is 23.5. The van der Waals surface area contributed by atoms with Crippen molar-refractivity contribution in [3.8, 4) is 45.7 Å². The summed E-state index contributed by atoms with van der Waals surface area (Å²) in [5.41, 5.74) is 22.6. The first-order chi connectivity index (χ1) is 53.5. The van der Waals surface area contributed by atoms with Crippen molar-refractivity contribution in [1.82, 2.24) is 74.0 Å². The van der Waals surface area contributed by atoms with Gasteiger partial charge in [0.15, 0.2) is 34.4 Å². The molecule has 4 atom stereocenters. The SMILES string of the molecule is C.CC(C)(C)OC(=O)CC[C@@H]1CCN(C(=O)C2CC2)C1.CC(C)(C)OC(=O)CC[C@@H]1CCNC1.Cc1cnc2ccc(-c3nc(C(=O)NC[C@@H]4CCN(C(=O)C5CC5)C4)c(N)nc3-c3ncco3)cn12.Cc1cnc2ccc(-c3nc(C(=O)O)c(N)nc3-c3ncco3)cn12.NC[C@@H]1CCN(C(=O)C2CC2)C1.O=C(Cl)C1CC1. The fraction of sp³-hybridized carbons (Fsp3) is 0.556. The Hall–Kier alpha value is -10.3. The van der Waals surface area contributed by atoms with Crippen LogP contribution in [0.15, 0.2) is 82.8 Å². The van der Waals surface area contributed by atoms with E-state index in [9.17, 15) is 43.5 Å². The number of carboxylic acids is 1. The van der Waals surface area contributed by atoms with E-state index >= 15 is 0 Å². The number of ether oxygens (including phenoxy) is 2. The molecule has 8 aromatic heterocycles. The van der Waals surface area contributed by atoms with Gasteiger partial charge in [-0.25, -0.2) is 44.7 Å². The van der Waals surface area contributed by atoms with Gasteiger partial charge in [0.1, 0.15) is 46.4 Å². The van der Waals surface area contributed by atoms with Gasteiger partial charge in [-0.3, -0.25) is 33.6 Å². The minimum atomic E-state index is -1.26. The number of fused-ring (bicyclic) bond motifs is 2. The van der Waals surface area contributed by atoms with Crippen LogP contribution in [-0.4, -0.2) is 192 Å². The highest BCUT2D eigenvalue weighted by molar-refractivity contribution is 6.64. The number of nitrogens with one attached hydrogen (secondary N) is 2. The lowest BCUT2D eigenvalue weighted by atomic mass is 10.0. The largest absolute Gasteiger partial charge is 0.476 e. The molecule has 12 heterocycles. The van der Waals surface area contributed by atoms with Crippen LogP contribution in [0.2, 0.25) is 0 Å². The molecule has 608 valence electrons. The van der Waals surface area contributed by atoms with Gasteiger partial charge in [0, 0.05) is 130 Å². The Bertz CT molecular complexity index is 4630. The second kappa shape index (κ2) is 38.0. The van der Waals surface area contributed by atoms with Crippen molar-refractivity contribution in [1.29, 1.82) is 0 Å². The molecule has 0 unspecified atom stereocenters. The number of aryl methyl sites for hydroxylation is 2. The number of carbonyl (C=O) groups excluding carboxylic acids is 7. The molecule has 31 nitrogen and oxygen atoms in total. The predicted molar refractivity (Wildman–Crippen MR) is 424 cm³/mol. The number of aromatic carboxylic acids is 1. The van der Waals surface area contributed by atoms with Gasteiger partial charge in [0.25, 0.3) is 5.91 Å². The number of oxazole rings is 2. The first kappa shape index (κ1) is 85.2. The first-order valence-electron chi connectivity index (χ1n) is 38.9. The number of esters is 2. The second-order valence-electron chi connectivity index (χ2n) is 32.2. The van der Waals surface area contributed by atoms with E-state index in [2.05, 4.69) is 50.5 Å². The van der Waals surface area contributed by atoms with Crippen LogP contribution in [0.4, 0.5) is 11.6 Å². The third-order valence-electron chi connectivity index (χ3n) is 20.3. The summed E-state index contributed by atoms with van der Waals surface area (Å²) in [6.07, 6.45) is 28.4. The van der Waals surface area contributed by atoms with E-state index in [1.54, 1.807) is 30.7 Å². The van der Waals surface area contributed by atoms with Gasteiger partial charge in [-0.15, -0.1) is 0 Å². The Kier molecular flexibility index (Phi) is 28.7. The Morgan fingerprint density at radius 2 is 0.982 bits per heavy atom. The average Bonchev–Trinajstić information content (AvgIpc) is 1.77. The minimum Gasteiger partial charge on any atom is -0.476 e. The summed E-state index contributed by atoms with van der Waals surface area (Å²) >= 11 is 5.04. The van der Waals surface area contributed by atoms with Crippen LogP contribution in [0.25, 0.3) is 57.0 Å². The number of halogens is 1. The Morgan fingerprint density at radius 1 is 0.558 bits per heavy atom. The maximum Gasteiger partial charge on any atom is 0.358 e. The molecule has 0 spiro atoms. The van der Waals surface area contributed by atoms with Gasteiger partial charge in [-0.05, 0) is 224 Å². The maximum atomic E-state index is 13.1. The molecule has 32 heteroatoms. The number of rotatable bonds is 19. The predicted octanol–water partition coefficient (Wildman–Crippen LogP) is 10.4. The third kappa shape index (κ3) is 24.1. The molecule has 8 aliphatic rings. The number of anilines is 2. The number of imidazole rings is 2. The molecule has 0 radical (unpaired) electrons. The van der Waals surface area contributed by atoms with Crippen LogP contribution in [0, 0.1) is 61.2 Å². The van der Waals surface area contributed by atoms with E-state index in [0.29, 0.717) is 95.5 Å². The molecule has 16 rings (SSSR count). The Morgan fingerprint density at radius 3 is 1.37 bits per heavy atom. The molecule has 0 aromatic carbocycles. The topological polar surface area (TPSA) is 425 Å². The zero-order valence-electron chi connectivity index (χ0n) is 65.2. The zero-order chi connectivity index (χ0) is 80.1. The van der Waals surface area contributed by atoms with E-state index in [4.69, 9.17) is 47.1 Å². The van der Waals surface area contributed by atoms with Gasteiger partial charge in [0.05, 0.1) is 12.4 Å². The quantitative estimate of drug-likeness (QED) is 0.0323. The number of hydrogen-bond acceptors (Lipinski definition) is 24. The van der Waals surface area contributed by atoms with Crippen LogP contribution < -0.4 is 27.8 Å². The van der Waals surface area contributed by atoms with Crippen molar-refractivity contribution >= 4 is 81.3 Å². The smallest absolute Gasteiger partial charge is 0.358 e.